The van der Waals surface area contributed by atoms with Crippen molar-refractivity contribution < 1.29 is 23.4 Å². The first kappa shape index (κ1) is 12.9. The second-order valence-corrected chi connectivity index (χ2v) is 3.17. The van der Waals surface area contributed by atoms with E-state index >= 15 is 0 Å². The third kappa shape index (κ3) is 3.72. The van der Waals surface area contributed by atoms with E-state index in [0.29, 0.717) is 12.0 Å². The van der Waals surface area contributed by atoms with Crippen molar-refractivity contribution in [1.82, 2.24) is 0 Å². The molecule has 1 rings (SSSR count). The number of carboxylic acids is 1. The summed E-state index contributed by atoms with van der Waals surface area (Å²) in [4.78, 5) is 10.8. The largest absolute Gasteiger partial charge is 0.478 e. The van der Waals surface area contributed by atoms with Crippen molar-refractivity contribution in [2.45, 2.75) is 19.5 Å². The Balaban J connectivity index is 3.02. The average molecular weight is 241 g/mol. The number of ether oxygens (including phenoxy) is 1. The van der Waals surface area contributed by atoms with Crippen molar-refractivity contribution in [3.05, 3.63) is 29.3 Å². The first-order valence-electron chi connectivity index (χ1n) is 4.72. The van der Waals surface area contributed by atoms with E-state index in [9.17, 15) is 13.6 Å². The van der Waals surface area contributed by atoms with Crippen molar-refractivity contribution in [2.24, 2.45) is 0 Å². The molecule has 0 aliphatic rings. The van der Waals surface area contributed by atoms with Crippen LogP contribution in [0.1, 0.15) is 22.3 Å². The molecule has 0 saturated carbocycles. The molecule has 4 nitrogen and oxygen atoms in total. The smallest absolute Gasteiger partial charge is 0.387 e. The minimum absolute atomic E-state index is 0.223. The van der Waals surface area contributed by atoms with Gasteiger partial charge in [0, 0.05) is 6.42 Å². The zero-order chi connectivity index (χ0) is 12.8. The molecule has 0 spiro atoms. The van der Waals surface area contributed by atoms with Gasteiger partial charge in [0.05, 0.1) is 6.07 Å². The fourth-order valence-electron chi connectivity index (χ4n) is 1.29. The molecule has 1 aromatic rings. The highest BCUT2D eigenvalue weighted by atomic mass is 19.3. The van der Waals surface area contributed by atoms with Gasteiger partial charge < -0.3 is 9.84 Å². The molecular weight excluding hydrogens is 232 g/mol. The molecule has 0 aromatic heterocycles. The molecule has 0 bridgehead atoms. The monoisotopic (exact) mass is 241 g/mol. The number of carboxylic acid groups (broad SMARTS) is 1. The van der Waals surface area contributed by atoms with Gasteiger partial charge in [0.2, 0.25) is 0 Å². The maximum Gasteiger partial charge on any atom is 0.387 e. The lowest BCUT2D eigenvalue weighted by Gasteiger charge is -2.09. The van der Waals surface area contributed by atoms with Crippen LogP contribution in [0.3, 0.4) is 0 Å². The van der Waals surface area contributed by atoms with Gasteiger partial charge in [0.1, 0.15) is 11.3 Å². The van der Waals surface area contributed by atoms with Gasteiger partial charge in [-0.05, 0) is 24.1 Å². The molecule has 17 heavy (non-hydrogen) atoms. The predicted molar refractivity (Wildman–Crippen MR) is 54.0 cm³/mol. The summed E-state index contributed by atoms with van der Waals surface area (Å²) < 4.78 is 28.3. The van der Waals surface area contributed by atoms with Crippen LogP contribution < -0.4 is 4.74 Å². The van der Waals surface area contributed by atoms with Gasteiger partial charge in [-0.3, -0.25) is 0 Å². The Hall–Kier alpha value is -2.16. The predicted octanol–water partition coefficient (Wildman–Crippen LogP) is 2.44. The van der Waals surface area contributed by atoms with Gasteiger partial charge in [-0.25, -0.2) is 4.79 Å². The highest BCUT2D eigenvalue weighted by Gasteiger charge is 2.15. The summed E-state index contributed by atoms with van der Waals surface area (Å²) in [5.74, 6) is -1.73. The molecule has 0 fully saturated rings. The first-order chi connectivity index (χ1) is 8.04. The van der Waals surface area contributed by atoms with E-state index in [4.69, 9.17) is 10.4 Å². The van der Waals surface area contributed by atoms with E-state index in [0.717, 1.165) is 0 Å². The summed E-state index contributed by atoms with van der Waals surface area (Å²) >= 11 is 0. The SMILES string of the molecule is N#CCCc1ccc(C(=O)O)c(OC(F)F)c1. The van der Waals surface area contributed by atoms with Gasteiger partial charge in [-0.2, -0.15) is 14.0 Å². The van der Waals surface area contributed by atoms with Gasteiger partial charge in [0.15, 0.2) is 0 Å². The Morgan fingerprint density at radius 1 is 1.53 bits per heavy atom. The molecule has 1 N–H and O–H groups in total. The van der Waals surface area contributed by atoms with Crippen LogP contribution in [-0.2, 0) is 6.42 Å². The van der Waals surface area contributed by atoms with Gasteiger partial charge in [-0.1, -0.05) is 6.07 Å². The number of carbonyl (C=O) groups is 1. The highest BCUT2D eigenvalue weighted by molar-refractivity contribution is 5.91. The minimum Gasteiger partial charge on any atom is -0.478 e. The summed E-state index contributed by atoms with van der Waals surface area (Å²) in [6, 6.07) is 5.78. The number of benzene rings is 1. The summed E-state index contributed by atoms with van der Waals surface area (Å²) in [5.41, 5.74) is 0.248. The zero-order valence-corrected chi connectivity index (χ0v) is 8.69. The molecule has 0 heterocycles. The standard InChI is InChI=1S/C11H9F2NO3/c12-11(13)17-9-6-7(2-1-5-14)3-4-8(9)10(15)16/h3-4,6,11H,1-2H2,(H,15,16). The number of rotatable bonds is 5. The van der Waals surface area contributed by atoms with Crippen LogP contribution >= 0.6 is 0 Å². The van der Waals surface area contributed by atoms with Crippen molar-refractivity contribution in [3.63, 3.8) is 0 Å². The average Bonchev–Trinajstić information content (AvgIpc) is 2.25. The number of hydrogen-bond donors (Lipinski definition) is 1. The van der Waals surface area contributed by atoms with Crippen LogP contribution in [0.4, 0.5) is 8.78 Å². The van der Waals surface area contributed by atoms with Crippen LogP contribution in [0.2, 0.25) is 0 Å². The first-order valence-corrected chi connectivity index (χ1v) is 4.72. The fourth-order valence-corrected chi connectivity index (χ4v) is 1.29. The summed E-state index contributed by atoms with van der Waals surface area (Å²) in [6.07, 6.45) is 0.580. The van der Waals surface area contributed by atoms with Crippen LogP contribution in [-0.4, -0.2) is 17.7 Å². The third-order valence-corrected chi connectivity index (χ3v) is 2.02. The minimum atomic E-state index is -3.08. The number of alkyl halides is 2. The number of halogens is 2. The van der Waals surface area contributed by atoms with E-state index in [1.54, 1.807) is 0 Å². The third-order valence-electron chi connectivity index (χ3n) is 2.02. The van der Waals surface area contributed by atoms with E-state index in [1.807, 2.05) is 6.07 Å². The van der Waals surface area contributed by atoms with Crippen LogP contribution in [0.25, 0.3) is 0 Å². The number of aromatic carboxylic acids is 1. The molecule has 1 aromatic carbocycles. The summed E-state index contributed by atoms with van der Waals surface area (Å²) in [7, 11) is 0. The van der Waals surface area contributed by atoms with E-state index in [2.05, 4.69) is 4.74 Å². The maximum atomic E-state index is 12.1. The van der Waals surface area contributed by atoms with Gasteiger partial charge >= 0.3 is 12.6 Å². The Labute approximate surface area is 96.0 Å². The Bertz CT molecular complexity index is 455. The summed E-state index contributed by atoms with van der Waals surface area (Å²) in [5, 5.41) is 17.2. The number of nitriles is 1. The second kappa shape index (κ2) is 5.80. The zero-order valence-electron chi connectivity index (χ0n) is 8.69. The number of hydrogen-bond acceptors (Lipinski definition) is 3. The lowest BCUT2D eigenvalue weighted by Crippen LogP contribution is -2.08. The molecule has 0 atom stereocenters. The summed E-state index contributed by atoms with van der Waals surface area (Å²) in [6.45, 7) is -3.08. The molecule has 6 heteroatoms. The highest BCUT2D eigenvalue weighted by Crippen LogP contribution is 2.23. The topological polar surface area (TPSA) is 70.3 Å². The lowest BCUT2D eigenvalue weighted by atomic mass is 10.1. The Morgan fingerprint density at radius 2 is 2.24 bits per heavy atom. The van der Waals surface area contributed by atoms with Crippen LogP contribution in [0, 0.1) is 11.3 Å². The lowest BCUT2D eigenvalue weighted by molar-refractivity contribution is -0.0503. The van der Waals surface area contributed by atoms with E-state index < -0.39 is 12.6 Å². The van der Waals surface area contributed by atoms with Crippen molar-refractivity contribution >= 4 is 5.97 Å². The van der Waals surface area contributed by atoms with Crippen molar-refractivity contribution in [3.8, 4) is 11.8 Å². The Morgan fingerprint density at radius 3 is 2.76 bits per heavy atom. The van der Waals surface area contributed by atoms with Crippen molar-refractivity contribution in [2.75, 3.05) is 0 Å². The molecule has 0 amide bonds. The van der Waals surface area contributed by atoms with Crippen molar-refractivity contribution in [1.29, 1.82) is 5.26 Å². The molecular formula is C11H9F2NO3. The normalized spacial score (nSPS) is 10.0. The maximum absolute atomic E-state index is 12.1. The van der Waals surface area contributed by atoms with E-state index in [1.165, 1.54) is 18.2 Å². The number of aryl methyl sites for hydroxylation is 1. The molecule has 0 saturated heterocycles. The molecule has 0 unspecified atom stereocenters. The Kier molecular flexibility index (Phi) is 4.40. The van der Waals surface area contributed by atoms with Crippen LogP contribution in [0.5, 0.6) is 5.75 Å². The molecule has 90 valence electrons. The quantitative estimate of drug-likeness (QED) is 0.859. The van der Waals surface area contributed by atoms with Crippen LogP contribution in [0.15, 0.2) is 18.2 Å². The molecule has 0 aliphatic heterocycles. The van der Waals surface area contributed by atoms with Gasteiger partial charge in [-0.15, -0.1) is 0 Å². The molecule has 0 radical (unpaired) electrons. The van der Waals surface area contributed by atoms with E-state index in [-0.39, 0.29) is 17.7 Å². The molecule has 0 aliphatic carbocycles. The van der Waals surface area contributed by atoms with Gasteiger partial charge in [0.25, 0.3) is 0 Å². The fraction of sp³-hybridized carbons (Fsp3) is 0.273. The second-order valence-electron chi connectivity index (χ2n) is 3.17. The number of nitrogens with zero attached hydrogens (tertiary/aromatic N) is 1.